The van der Waals surface area contributed by atoms with E-state index in [1.54, 1.807) is 9.80 Å². The van der Waals surface area contributed by atoms with Crippen LogP contribution in [0, 0.1) is 0 Å². The molecule has 1 aliphatic carbocycles. The van der Waals surface area contributed by atoms with Crippen LogP contribution in [-0.4, -0.2) is 41.2 Å². The van der Waals surface area contributed by atoms with Gasteiger partial charge in [0, 0.05) is 36.5 Å². The third-order valence-electron chi connectivity index (χ3n) is 7.70. The predicted octanol–water partition coefficient (Wildman–Crippen LogP) is 5.45. The van der Waals surface area contributed by atoms with Crippen molar-refractivity contribution >= 4 is 34.2 Å². The van der Waals surface area contributed by atoms with E-state index >= 15 is 0 Å². The minimum absolute atomic E-state index is 0.0113. The van der Waals surface area contributed by atoms with Crippen molar-refractivity contribution in [3.8, 4) is 0 Å². The van der Waals surface area contributed by atoms with Gasteiger partial charge in [-0.2, -0.15) is 0 Å². The molecule has 1 N–H and O–H groups in total. The fourth-order valence-corrected chi connectivity index (χ4v) is 5.80. The highest BCUT2D eigenvalue weighted by molar-refractivity contribution is 6.25. The number of hydrogen-bond acceptors (Lipinski definition) is 3. The Balaban J connectivity index is 1.28. The molecule has 37 heavy (non-hydrogen) atoms. The van der Waals surface area contributed by atoms with E-state index in [2.05, 4.69) is 5.32 Å². The number of nitrogens with zero attached hydrogens (tertiary/aromatic N) is 2. The predicted molar refractivity (Wildman–Crippen MR) is 146 cm³/mol. The summed E-state index contributed by atoms with van der Waals surface area (Å²) >= 11 is 0. The zero-order valence-electron chi connectivity index (χ0n) is 21.5. The van der Waals surface area contributed by atoms with Gasteiger partial charge < -0.3 is 15.1 Å². The van der Waals surface area contributed by atoms with Gasteiger partial charge in [0.15, 0.2) is 0 Å². The molecule has 0 saturated heterocycles. The van der Waals surface area contributed by atoms with Crippen LogP contribution in [0.5, 0.6) is 0 Å². The second-order valence-corrected chi connectivity index (χ2v) is 10.2. The number of carbonyl (C=O) groups is 3. The maximum absolute atomic E-state index is 13.6. The van der Waals surface area contributed by atoms with Crippen LogP contribution in [0.15, 0.2) is 66.7 Å². The average Bonchev–Trinajstić information content (AvgIpc) is 3.52. The van der Waals surface area contributed by atoms with Crippen molar-refractivity contribution in [3.63, 3.8) is 0 Å². The summed E-state index contributed by atoms with van der Waals surface area (Å²) in [6.45, 7) is 2.82. The van der Waals surface area contributed by atoms with Gasteiger partial charge in [-0.3, -0.25) is 14.4 Å². The number of anilines is 1. The molecule has 0 aromatic heterocycles. The third-order valence-corrected chi connectivity index (χ3v) is 7.70. The smallest absolute Gasteiger partial charge is 0.258 e. The molecule has 1 atom stereocenters. The lowest BCUT2D eigenvalue weighted by molar-refractivity contribution is -0.141. The number of amides is 3. The van der Waals surface area contributed by atoms with Crippen molar-refractivity contribution in [2.24, 2.45) is 0 Å². The van der Waals surface area contributed by atoms with E-state index in [-0.39, 0.29) is 30.2 Å². The molecule has 0 radical (unpaired) electrons. The van der Waals surface area contributed by atoms with Crippen LogP contribution in [0.1, 0.15) is 67.8 Å². The molecule has 3 aromatic carbocycles. The van der Waals surface area contributed by atoms with Gasteiger partial charge in [0.1, 0.15) is 6.04 Å². The monoisotopic (exact) mass is 497 g/mol. The molecule has 0 unspecified atom stereocenters. The summed E-state index contributed by atoms with van der Waals surface area (Å²) in [7, 11) is 0. The summed E-state index contributed by atoms with van der Waals surface area (Å²) in [5.74, 6) is -0.127. The summed E-state index contributed by atoms with van der Waals surface area (Å²) in [5, 5.41) is 5.23. The molecule has 6 nitrogen and oxygen atoms in total. The van der Waals surface area contributed by atoms with Crippen molar-refractivity contribution in [2.45, 2.75) is 70.5 Å². The molecule has 6 heteroatoms. The van der Waals surface area contributed by atoms with E-state index in [9.17, 15) is 14.4 Å². The van der Waals surface area contributed by atoms with E-state index in [1.807, 2.05) is 73.7 Å². The minimum Gasteiger partial charge on any atom is -0.352 e. The average molecular weight is 498 g/mol. The van der Waals surface area contributed by atoms with Crippen LogP contribution in [0.2, 0.25) is 0 Å². The number of hydrogen-bond donors (Lipinski definition) is 1. The normalized spacial score (nSPS) is 15.8. The highest BCUT2D eigenvalue weighted by Gasteiger charge is 2.32. The molecule has 3 amide bonds. The number of benzene rings is 3. The first kappa shape index (κ1) is 25.0. The number of nitrogens with one attached hydrogen (secondary N) is 1. The lowest BCUT2D eigenvalue weighted by atomic mass is 10.1. The van der Waals surface area contributed by atoms with Gasteiger partial charge in [-0.25, -0.2) is 0 Å². The van der Waals surface area contributed by atoms with Gasteiger partial charge in [-0.1, -0.05) is 74.4 Å². The summed E-state index contributed by atoms with van der Waals surface area (Å²) in [4.78, 5) is 43.5. The molecule has 3 aromatic rings. The maximum atomic E-state index is 13.6. The second kappa shape index (κ2) is 11.2. The van der Waals surface area contributed by atoms with E-state index in [1.165, 1.54) is 0 Å². The lowest BCUT2D eigenvalue weighted by Crippen LogP contribution is -2.51. The molecule has 1 aliphatic heterocycles. The van der Waals surface area contributed by atoms with Crippen molar-refractivity contribution in [2.75, 3.05) is 11.4 Å². The molecular formula is C31H35N3O3. The minimum atomic E-state index is -0.514. The number of carbonyl (C=O) groups excluding carboxylic acids is 3. The molecule has 1 saturated carbocycles. The van der Waals surface area contributed by atoms with Crippen LogP contribution in [0.3, 0.4) is 0 Å². The molecule has 0 spiro atoms. The highest BCUT2D eigenvalue weighted by Crippen LogP contribution is 2.37. The van der Waals surface area contributed by atoms with Crippen LogP contribution < -0.4 is 10.2 Å². The van der Waals surface area contributed by atoms with Gasteiger partial charge in [-0.05, 0) is 48.8 Å². The van der Waals surface area contributed by atoms with Gasteiger partial charge in [-0.15, -0.1) is 0 Å². The summed E-state index contributed by atoms with van der Waals surface area (Å²) in [6.07, 6.45) is 5.65. The fraction of sp³-hybridized carbons (Fsp3) is 0.387. The van der Waals surface area contributed by atoms with Crippen LogP contribution in [-0.2, 0) is 16.1 Å². The third kappa shape index (κ3) is 5.24. The van der Waals surface area contributed by atoms with Crippen molar-refractivity contribution in [3.05, 3.63) is 77.9 Å². The van der Waals surface area contributed by atoms with Gasteiger partial charge in [0.25, 0.3) is 5.91 Å². The Hall–Kier alpha value is -3.67. The van der Waals surface area contributed by atoms with E-state index < -0.39 is 6.04 Å². The van der Waals surface area contributed by atoms with Crippen LogP contribution in [0.4, 0.5) is 5.69 Å². The topological polar surface area (TPSA) is 69.7 Å². The van der Waals surface area contributed by atoms with Crippen LogP contribution >= 0.6 is 0 Å². The summed E-state index contributed by atoms with van der Waals surface area (Å²) < 4.78 is 0. The number of rotatable bonds is 10. The van der Waals surface area contributed by atoms with Crippen LogP contribution in [0.25, 0.3) is 10.8 Å². The van der Waals surface area contributed by atoms with E-state index in [4.69, 9.17) is 0 Å². The Bertz CT molecular complexity index is 1280. The van der Waals surface area contributed by atoms with Gasteiger partial charge >= 0.3 is 0 Å². The van der Waals surface area contributed by atoms with E-state index in [0.717, 1.165) is 53.3 Å². The Labute approximate surface area is 218 Å². The molecule has 0 bridgehead atoms. The molecule has 2 aliphatic rings. The Morgan fingerprint density at radius 2 is 1.73 bits per heavy atom. The van der Waals surface area contributed by atoms with Crippen molar-refractivity contribution < 1.29 is 14.4 Å². The van der Waals surface area contributed by atoms with E-state index in [0.29, 0.717) is 25.9 Å². The van der Waals surface area contributed by atoms with Crippen molar-refractivity contribution in [1.29, 1.82) is 0 Å². The first-order chi connectivity index (χ1) is 18.1. The largest absolute Gasteiger partial charge is 0.352 e. The maximum Gasteiger partial charge on any atom is 0.258 e. The second-order valence-electron chi connectivity index (χ2n) is 10.2. The summed E-state index contributed by atoms with van der Waals surface area (Å²) in [6, 6.07) is 21.3. The van der Waals surface area contributed by atoms with Gasteiger partial charge in [0.05, 0.1) is 5.69 Å². The summed E-state index contributed by atoms with van der Waals surface area (Å²) in [5.41, 5.74) is 2.63. The highest BCUT2D eigenvalue weighted by atomic mass is 16.2. The van der Waals surface area contributed by atoms with Crippen molar-refractivity contribution in [1.82, 2.24) is 10.2 Å². The lowest BCUT2D eigenvalue weighted by Gasteiger charge is -2.32. The standard InChI is InChI=1S/C31H35N3O3/c1-2-26(30(36)32-24-15-6-7-16-24)34(21-22-11-4-3-5-12-22)28(35)19-10-20-33-27-18-9-14-23-13-8-17-25(29(23)27)31(33)37/h3-5,8-9,11-14,17-18,24,26H,2,6-7,10,15-16,19-21H2,1H3,(H,32,36)/t26-/m1/s1. The molecule has 5 rings (SSSR count). The molecule has 192 valence electrons. The SMILES string of the molecule is CC[C@H](C(=O)NC1CCCC1)N(Cc1ccccc1)C(=O)CCCN1C(=O)c2cccc3cccc1c23. The quantitative estimate of drug-likeness (QED) is 0.405. The first-order valence-corrected chi connectivity index (χ1v) is 13.5. The van der Waals surface area contributed by atoms with Gasteiger partial charge in [0.2, 0.25) is 11.8 Å². The molecule has 1 heterocycles. The Morgan fingerprint density at radius 3 is 2.46 bits per heavy atom. The Morgan fingerprint density at radius 1 is 1.00 bits per heavy atom. The zero-order chi connectivity index (χ0) is 25.8. The molecule has 1 fully saturated rings. The molecular weight excluding hydrogens is 462 g/mol. The zero-order valence-corrected chi connectivity index (χ0v) is 21.5. The Kier molecular flexibility index (Phi) is 7.54. The first-order valence-electron chi connectivity index (χ1n) is 13.5. The fourth-order valence-electron chi connectivity index (χ4n) is 5.80.